The van der Waals surface area contributed by atoms with Crippen molar-refractivity contribution in [2.24, 2.45) is 0 Å². The fraction of sp³-hybridized carbons (Fsp3) is 0.400. The topological polar surface area (TPSA) is 51.2 Å². The first-order valence-electron chi connectivity index (χ1n) is 5.04. The van der Waals surface area contributed by atoms with Crippen LogP contribution in [0.2, 0.25) is 10.3 Å². The van der Waals surface area contributed by atoms with E-state index in [0.717, 1.165) is 0 Å². The molecule has 0 aliphatic rings. The Morgan fingerprint density at radius 2 is 2.05 bits per heavy atom. The van der Waals surface area contributed by atoms with E-state index in [2.05, 4.69) is 15.0 Å². The molecule has 1 aromatic heterocycles. The molecule has 9 heteroatoms. The van der Waals surface area contributed by atoms with Crippen LogP contribution in [-0.4, -0.2) is 36.8 Å². The first-order chi connectivity index (χ1) is 8.79. The number of carbonyl (C=O) groups is 1. The van der Waals surface area contributed by atoms with Crippen molar-refractivity contribution in [3.8, 4) is 0 Å². The molecule has 4 nitrogen and oxygen atoms in total. The summed E-state index contributed by atoms with van der Waals surface area (Å²) in [5, 5.41) is 2.40. The first-order valence-corrected chi connectivity index (χ1v) is 5.80. The van der Waals surface area contributed by atoms with Gasteiger partial charge < -0.3 is 10.1 Å². The standard InChI is InChI=1S/C10H9Cl2F3N2O2/c11-7-2-1-6(8(12)17-7)9(18)16-3-4-19-5-10(13,14)15/h1-2H,3-5H2,(H,16,18). The SMILES string of the molecule is O=C(NCCOCC(F)(F)F)c1ccc(Cl)nc1Cl. The fourth-order valence-corrected chi connectivity index (χ4v) is 1.53. The molecular weight excluding hydrogens is 308 g/mol. The Morgan fingerprint density at radius 1 is 1.37 bits per heavy atom. The van der Waals surface area contributed by atoms with E-state index < -0.39 is 18.7 Å². The van der Waals surface area contributed by atoms with Crippen LogP contribution >= 0.6 is 23.2 Å². The number of pyridine rings is 1. The summed E-state index contributed by atoms with van der Waals surface area (Å²) in [4.78, 5) is 15.2. The Hall–Kier alpha value is -1.05. The Bertz CT molecular complexity index is 455. The van der Waals surface area contributed by atoms with Gasteiger partial charge in [0.05, 0.1) is 12.2 Å². The molecule has 0 radical (unpaired) electrons. The molecule has 1 rings (SSSR count). The zero-order valence-corrected chi connectivity index (χ0v) is 10.9. The van der Waals surface area contributed by atoms with Gasteiger partial charge in [-0.2, -0.15) is 13.2 Å². The molecule has 0 aliphatic heterocycles. The summed E-state index contributed by atoms with van der Waals surface area (Å²) in [6.07, 6.45) is -4.38. The molecule has 0 aromatic carbocycles. The maximum atomic E-state index is 11.7. The third-order valence-corrected chi connectivity index (χ3v) is 2.36. The van der Waals surface area contributed by atoms with Crippen LogP contribution in [0.5, 0.6) is 0 Å². The highest BCUT2D eigenvalue weighted by molar-refractivity contribution is 6.34. The normalized spacial score (nSPS) is 11.4. The summed E-state index contributed by atoms with van der Waals surface area (Å²) >= 11 is 11.2. The zero-order valence-electron chi connectivity index (χ0n) is 9.43. The summed E-state index contributed by atoms with van der Waals surface area (Å²) < 4.78 is 39.6. The van der Waals surface area contributed by atoms with Crippen LogP contribution in [0, 0.1) is 0 Å². The second kappa shape index (κ2) is 6.93. The van der Waals surface area contributed by atoms with E-state index in [0.29, 0.717) is 0 Å². The minimum absolute atomic E-state index is 0.0755. The maximum absolute atomic E-state index is 11.7. The van der Waals surface area contributed by atoms with Crippen LogP contribution in [-0.2, 0) is 4.74 Å². The molecule has 1 heterocycles. The highest BCUT2D eigenvalue weighted by atomic mass is 35.5. The Morgan fingerprint density at radius 3 is 2.63 bits per heavy atom. The number of ether oxygens (including phenoxy) is 1. The minimum Gasteiger partial charge on any atom is -0.370 e. The largest absolute Gasteiger partial charge is 0.411 e. The average Bonchev–Trinajstić information content (AvgIpc) is 2.26. The highest BCUT2D eigenvalue weighted by Crippen LogP contribution is 2.16. The number of nitrogens with one attached hydrogen (secondary N) is 1. The van der Waals surface area contributed by atoms with E-state index in [4.69, 9.17) is 23.2 Å². The van der Waals surface area contributed by atoms with Gasteiger partial charge in [-0.25, -0.2) is 4.98 Å². The Labute approximate surface area is 116 Å². The second-order valence-corrected chi connectivity index (χ2v) is 4.14. The molecule has 1 aromatic rings. The molecular formula is C10H9Cl2F3N2O2. The lowest BCUT2D eigenvalue weighted by Crippen LogP contribution is -2.29. The van der Waals surface area contributed by atoms with Crippen LogP contribution in [0.1, 0.15) is 10.4 Å². The molecule has 0 bridgehead atoms. The number of hydrogen-bond acceptors (Lipinski definition) is 3. The van der Waals surface area contributed by atoms with Crippen molar-refractivity contribution < 1.29 is 22.7 Å². The van der Waals surface area contributed by atoms with Gasteiger partial charge in [0.25, 0.3) is 5.91 Å². The summed E-state index contributed by atoms with van der Waals surface area (Å²) in [6, 6.07) is 2.74. The van der Waals surface area contributed by atoms with Crippen LogP contribution in [0.3, 0.4) is 0 Å². The van der Waals surface area contributed by atoms with Crippen LogP contribution in [0.25, 0.3) is 0 Å². The number of carbonyl (C=O) groups excluding carboxylic acids is 1. The van der Waals surface area contributed by atoms with Gasteiger partial charge in [0.15, 0.2) is 0 Å². The predicted molar refractivity (Wildman–Crippen MR) is 63.5 cm³/mol. The lowest BCUT2D eigenvalue weighted by Gasteiger charge is -2.09. The summed E-state index contributed by atoms with van der Waals surface area (Å²) in [5.74, 6) is -0.565. The molecule has 0 unspecified atom stereocenters. The number of halogens is 5. The van der Waals surface area contributed by atoms with Gasteiger partial charge in [0.2, 0.25) is 0 Å². The van der Waals surface area contributed by atoms with Crippen LogP contribution < -0.4 is 5.32 Å². The second-order valence-electron chi connectivity index (χ2n) is 3.40. The van der Waals surface area contributed by atoms with Crippen LogP contribution in [0.4, 0.5) is 13.2 Å². The average molecular weight is 317 g/mol. The van der Waals surface area contributed by atoms with Gasteiger partial charge in [-0.3, -0.25) is 4.79 Å². The Kier molecular flexibility index (Phi) is 5.84. The van der Waals surface area contributed by atoms with E-state index in [1.54, 1.807) is 0 Å². The summed E-state index contributed by atoms with van der Waals surface area (Å²) in [6.45, 7) is -1.69. The molecule has 1 N–H and O–H groups in total. The molecule has 0 aliphatic carbocycles. The smallest absolute Gasteiger partial charge is 0.370 e. The molecule has 0 saturated heterocycles. The Balaban J connectivity index is 2.36. The van der Waals surface area contributed by atoms with E-state index in [1.165, 1.54) is 12.1 Å². The molecule has 0 spiro atoms. The third kappa shape index (κ3) is 6.09. The van der Waals surface area contributed by atoms with Crippen molar-refractivity contribution in [1.29, 1.82) is 0 Å². The van der Waals surface area contributed by atoms with Crippen molar-refractivity contribution in [3.63, 3.8) is 0 Å². The van der Waals surface area contributed by atoms with Gasteiger partial charge >= 0.3 is 6.18 Å². The quantitative estimate of drug-likeness (QED) is 0.671. The number of amides is 1. The molecule has 0 fully saturated rings. The fourth-order valence-electron chi connectivity index (χ4n) is 1.10. The van der Waals surface area contributed by atoms with Crippen molar-refractivity contribution >= 4 is 29.1 Å². The van der Waals surface area contributed by atoms with Gasteiger partial charge in [-0.05, 0) is 12.1 Å². The molecule has 19 heavy (non-hydrogen) atoms. The molecule has 1 amide bonds. The van der Waals surface area contributed by atoms with Crippen molar-refractivity contribution in [2.75, 3.05) is 19.8 Å². The van der Waals surface area contributed by atoms with E-state index in [-0.39, 0.29) is 29.0 Å². The van der Waals surface area contributed by atoms with Gasteiger partial charge in [0, 0.05) is 6.54 Å². The first kappa shape index (κ1) is 16.0. The lowest BCUT2D eigenvalue weighted by atomic mass is 10.2. The van der Waals surface area contributed by atoms with Gasteiger partial charge in [0.1, 0.15) is 16.9 Å². The van der Waals surface area contributed by atoms with Crippen molar-refractivity contribution in [1.82, 2.24) is 10.3 Å². The minimum atomic E-state index is -4.38. The zero-order chi connectivity index (χ0) is 14.5. The highest BCUT2D eigenvalue weighted by Gasteiger charge is 2.27. The van der Waals surface area contributed by atoms with E-state index in [1.807, 2.05) is 0 Å². The monoisotopic (exact) mass is 316 g/mol. The van der Waals surface area contributed by atoms with E-state index >= 15 is 0 Å². The summed E-state index contributed by atoms with van der Waals surface area (Å²) in [7, 11) is 0. The number of rotatable bonds is 5. The number of hydrogen-bond donors (Lipinski definition) is 1. The summed E-state index contributed by atoms with van der Waals surface area (Å²) in [5.41, 5.74) is 0.0851. The van der Waals surface area contributed by atoms with Gasteiger partial charge in [-0.15, -0.1) is 0 Å². The number of aromatic nitrogens is 1. The number of nitrogens with zero attached hydrogens (tertiary/aromatic N) is 1. The molecule has 0 atom stereocenters. The van der Waals surface area contributed by atoms with E-state index in [9.17, 15) is 18.0 Å². The maximum Gasteiger partial charge on any atom is 0.411 e. The lowest BCUT2D eigenvalue weighted by molar-refractivity contribution is -0.173. The number of alkyl halides is 3. The van der Waals surface area contributed by atoms with Gasteiger partial charge in [-0.1, -0.05) is 23.2 Å². The van der Waals surface area contributed by atoms with Crippen molar-refractivity contribution in [3.05, 3.63) is 28.0 Å². The third-order valence-electron chi connectivity index (χ3n) is 1.86. The molecule has 0 saturated carbocycles. The molecule has 106 valence electrons. The van der Waals surface area contributed by atoms with Crippen LogP contribution in [0.15, 0.2) is 12.1 Å². The van der Waals surface area contributed by atoms with Crippen molar-refractivity contribution in [2.45, 2.75) is 6.18 Å². The predicted octanol–water partition coefficient (Wildman–Crippen LogP) is 2.70.